The molecule has 4 nitrogen and oxygen atoms in total. The summed E-state index contributed by atoms with van der Waals surface area (Å²) in [5.74, 6) is 0.412. The Balaban J connectivity index is 2.24. The van der Waals surface area contributed by atoms with Gasteiger partial charge in [0.25, 0.3) is 0 Å². The van der Waals surface area contributed by atoms with Crippen molar-refractivity contribution in [3.63, 3.8) is 0 Å². The van der Waals surface area contributed by atoms with E-state index in [2.05, 4.69) is 5.10 Å². The second-order valence-electron chi connectivity index (χ2n) is 4.13. The Morgan fingerprint density at radius 1 is 1.25 bits per heavy atom. The van der Waals surface area contributed by atoms with Gasteiger partial charge in [-0.1, -0.05) is 12.1 Å². The average Bonchev–Trinajstić information content (AvgIpc) is 2.87. The molecular weight excluding hydrogens is 271 g/mol. The molecule has 0 fully saturated rings. The number of nitrogens with two attached hydrogens (primary N) is 1. The van der Waals surface area contributed by atoms with Crippen LogP contribution in [0.25, 0.3) is 5.69 Å². The molecule has 0 amide bonds. The summed E-state index contributed by atoms with van der Waals surface area (Å²) in [4.78, 5) is 0. The van der Waals surface area contributed by atoms with E-state index < -0.39 is 11.7 Å². The van der Waals surface area contributed by atoms with Gasteiger partial charge in [0.2, 0.25) is 0 Å². The highest BCUT2D eigenvalue weighted by Gasteiger charge is 2.33. The van der Waals surface area contributed by atoms with Crippen LogP contribution in [-0.4, -0.2) is 22.9 Å². The maximum atomic E-state index is 12.9. The summed E-state index contributed by atoms with van der Waals surface area (Å²) in [6, 6.07) is 5.25. The van der Waals surface area contributed by atoms with Crippen LogP contribution in [-0.2, 0) is 6.18 Å². The first kappa shape index (κ1) is 14.4. The van der Waals surface area contributed by atoms with E-state index in [4.69, 9.17) is 10.5 Å². The van der Waals surface area contributed by atoms with E-state index in [0.717, 1.165) is 10.7 Å². The fraction of sp³-hybridized carbons (Fsp3) is 0.308. The molecule has 0 aliphatic heterocycles. The Labute approximate surface area is 114 Å². The normalized spacial score (nSPS) is 11.6. The van der Waals surface area contributed by atoms with Gasteiger partial charge in [-0.25, -0.2) is 4.68 Å². The van der Waals surface area contributed by atoms with Crippen molar-refractivity contribution in [1.29, 1.82) is 0 Å². The lowest BCUT2D eigenvalue weighted by atomic mass is 10.2. The number of aromatic nitrogens is 2. The van der Waals surface area contributed by atoms with Crippen molar-refractivity contribution in [2.45, 2.75) is 12.6 Å². The molecule has 1 aromatic heterocycles. The molecule has 0 aliphatic carbocycles. The van der Waals surface area contributed by atoms with Gasteiger partial charge in [-0.2, -0.15) is 18.3 Å². The van der Waals surface area contributed by atoms with Gasteiger partial charge in [0.05, 0.1) is 30.3 Å². The van der Waals surface area contributed by atoms with Crippen LogP contribution in [0, 0.1) is 0 Å². The maximum Gasteiger partial charge on any atom is 0.418 e. The van der Waals surface area contributed by atoms with E-state index in [9.17, 15) is 13.2 Å². The van der Waals surface area contributed by atoms with Crippen molar-refractivity contribution in [3.05, 3.63) is 42.2 Å². The molecule has 0 unspecified atom stereocenters. The molecular formula is C13H14F3N3O. The lowest BCUT2D eigenvalue weighted by Crippen LogP contribution is -2.10. The summed E-state index contributed by atoms with van der Waals surface area (Å²) < 4.78 is 45.2. The molecule has 0 spiro atoms. The number of benzene rings is 1. The second kappa shape index (κ2) is 5.96. The SMILES string of the molecule is NCCCOc1cnn(-c2ccccc2C(F)(F)F)c1. The molecule has 0 saturated carbocycles. The number of ether oxygens (including phenoxy) is 1. The number of para-hydroxylation sites is 1. The van der Waals surface area contributed by atoms with E-state index in [1.807, 2.05) is 0 Å². The summed E-state index contributed by atoms with van der Waals surface area (Å²) in [5, 5.41) is 3.90. The van der Waals surface area contributed by atoms with Crippen LogP contribution in [0.3, 0.4) is 0 Å². The first-order valence-electron chi connectivity index (χ1n) is 6.06. The third kappa shape index (κ3) is 3.30. The first-order valence-corrected chi connectivity index (χ1v) is 6.06. The molecule has 2 N–H and O–H groups in total. The minimum atomic E-state index is -4.43. The Bertz CT molecular complexity index is 566. The standard InChI is InChI=1S/C13H14F3N3O/c14-13(15,16)11-4-1-2-5-12(11)19-9-10(8-18-19)20-7-3-6-17/h1-2,4-5,8-9H,3,6-7,17H2. The van der Waals surface area contributed by atoms with E-state index in [1.165, 1.54) is 30.6 Å². The van der Waals surface area contributed by atoms with E-state index in [-0.39, 0.29) is 5.69 Å². The van der Waals surface area contributed by atoms with Gasteiger partial charge in [-0.05, 0) is 25.1 Å². The van der Waals surface area contributed by atoms with Crippen molar-refractivity contribution in [2.24, 2.45) is 5.73 Å². The van der Waals surface area contributed by atoms with Gasteiger partial charge >= 0.3 is 6.18 Å². The Morgan fingerprint density at radius 3 is 2.70 bits per heavy atom. The van der Waals surface area contributed by atoms with Crippen molar-refractivity contribution in [2.75, 3.05) is 13.2 Å². The molecule has 2 aromatic rings. The lowest BCUT2D eigenvalue weighted by Gasteiger charge is -2.12. The van der Waals surface area contributed by atoms with Crippen LogP contribution in [0.2, 0.25) is 0 Å². The Kier molecular flexibility index (Phi) is 4.29. The number of alkyl halides is 3. The van der Waals surface area contributed by atoms with E-state index >= 15 is 0 Å². The van der Waals surface area contributed by atoms with Crippen LogP contribution >= 0.6 is 0 Å². The van der Waals surface area contributed by atoms with Gasteiger partial charge in [-0.3, -0.25) is 0 Å². The third-order valence-corrected chi connectivity index (χ3v) is 2.63. The zero-order chi connectivity index (χ0) is 14.6. The predicted molar refractivity (Wildman–Crippen MR) is 67.7 cm³/mol. The molecule has 0 bridgehead atoms. The number of halogens is 3. The second-order valence-corrected chi connectivity index (χ2v) is 4.13. The summed E-state index contributed by atoms with van der Waals surface area (Å²) >= 11 is 0. The maximum absolute atomic E-state index is 12.9. The van der Waals surface area contributed by atoms with Crippen LogP contribution in [0.4, 0.5) is 13.2 Å². The molecule has 0 radical (unpaired) electrons. The number of nitrogens with zero attached hydrogens (tertiary/aromatic N) is 2. The minimum absolute atomic E-state index is 0.0336. The lowest BCUT2D eigenvalue weighted by molar-refractivity contribution is -0.137. The smallest absolute Gasteiger partial charge is 0.418 e. The molecule has 0 atom stereocenters. The van der Waals surface area contributed by atoms with Crippen molar-refractivity contribution >= 4 is 0 Å². The van der Waals surface area contributed by atoms with Gasteiger partial charge < -0.3 is 10.5 Å². The fourth-order valence-electron chi connectivity index (χ4n) is 1.70. The van der Waals surface area contributed by atoms with Crippen molar-refractivity contribution < 1.29 is 17.9 Å². The molecule has 0 aliphatic rings. The van der Waals surface area contributed by atoms with Gasteiger partial charge in [0.15, 0.2) is 5.75 Å². The Hall–Kier alpha value is -2.02. The van der Waals surface area contributed by atoms with Crippen LogP contribution in [0.15, 0.2) is 36.7 Å². The molecule has 0 saturated heterocycles. The largest absolute Gasteiger partial charge is 0.490 e. The summed E-state index contributed by atoms with van der Waals surface area (Å²) in [5.41, 5.74) is 4.56. The molecule has 2 rings (SSSR count). The van der Waals surface area contributed by atoms with Crippen LogP contribution < -0.4 is 10.5 Å². The van der Waals surface area contributed by atoms with Gasteiger partial charge in [0.1, 0.15) is 0 Å². The molecule has 1 aromatic carbocycles. The fourth-order valence-corrected chi connectivity index (χ4v) is 1.70. The zero-order valence-corrected chi connectivity index (χ0v) is 10.6. The van der Waals surface area contributed by atoms with Gasteiger partial charge in [-0.15, -0.1) is 0 Å². The van der Waals surface area contributed by atoms with Crippen molar-refractivity contribution in [1.82, 2.24) is 9.78 Å². The monoisotopic (exact) mass is 285 g/mol. The van der Waals surface area contributed by atoms with Crippen molar-refractivity contribution in [3.8, 4) is 11.4 Å². The highest BCUT2D eigenvalue weighted by atomic mass is 19.4. The molecule has 7 heteroatoms. The predicted octanol–water partition coefficient (Wildman–Crippen LogP) is 2.62. The summed E-state index contributed by atoms with van der Waals surface area (Å²) in [7, 11) is 0. The number of hydrogen-bond acceptors (Lipinski definition) is 3. The Morgan fingerprint density at radius 2 is 2.00 bits per heavy atom. The quantitative estimate of drug-likeness (QED) is 0.859. The summed E-state index contributed by atoms with van der Waals surface area (Å²) in [6.07, 6.45) is -0.960. The van der Waals surface area contributed by atoms with Crippen LogP contribution in [0.5, 0.6) is 5.75 Å². The third-order valence-electron chi connectivity index (χ3n) is 2.63. The number of rotatable bonds is 5. The molecule has 108 valence electrons. The van der Waals surface area contributed by atoms with E-state index in [0.29, 0.717) is 25.3 Å². The average molecular weight is 285 g/mol. The number of hydrogen-bond donors (Lipinski definition) is 1. The molecule has 1 heterocycles. The topological polar surface area (TPSA) is 53.1 Å². The van der Waals surface area contributed by atoms with Gasteiger partial charge in [0, 0.05) is 0 Å². The highest BCUT2D eigenvalue weighted by molar-refractivity contribution is 5.42. The first-order chi connectivity index (χ1) is 9.52. The highest BCUT2D eigenvalue weighted by Crippen LogP contribution is 2.33. The van der Waals surface area contributed by atoms with Crippen LogP contribution in [0.1, 0.15) is 12.0 Å². The minimum Gasteiger partial charge on any atom is -0.490 e. The zero-order valence-electron chi connectivity index (χ0n) is 10.6. The van der Waals surface area contributed by atoms with E-state index in [1.54, 1.807) is 0 Å². The summed E-state index contributed by atoms with van der Waals surface area (Å²) in [6.45, 7) is 0.897. The molecule has 20 heavy (non-hydrogen) atoms.